The minimum absolute atomic E-state index is 0.0504. The Kier molecular flexibility index (Phi) is 4.14. The Morgan fingerprint density at radius 1 is 1.45 bits per heavy atom. The minimum atomic E-state index is -3.76. The highest BCUT2D eigenvalue weighted by molar-refractivity contribution is 7.89. The summed E-state index contributed by atoms with van der Waals surface area (Å²) in [7, 11) is -3.76. The Labute approximate surface area is 118 Å². The molecule has 1 aliphatic rings. The minimum Gasteiger partial charge on any atom is -0.384 e. The van der Waals surface area contributed by atoms with Gasteiger partial charge in [0.15, 0.2) is 0 Å². The van der Waals surface area contributed by atoms with Crippen molar-refractivity contribution < 1.29 is 17.9 Å². The van der Waals surface area contributed by atoms with E-state index in [1.165, 1.54) is 6.07 Å². The van der Waals surface area contributed by atoms with E-state index in [2.05, 4.69) is 16.6 Å². The topological polar surface area (TPSA) is 66.4 Å². The molecule has 0 spiro atoms. The van der Waals surface area contributed by atoms with Gasteiger partial charge in [-0.25, -0.2) is 17.5 Å². The molecular weight excluding hydrogens is 281 g/mol. The quantitative estimate of drug-likeness (QED) is 0.829. The molecule has 0 aliphatic heterocycles. The van der Waals surface area contributed by atoms with Gasteiger partial charge in [-0.1, -0.05) is 11.8 Å². The Bertz CT molecular complexity index is 669. The van der Waals surface area contributed by atoms with Crippen LogP contribution in [0.25, 0.3) is 0 Å². The van der Waals surface area contributed by atoms with Crippen LogP contribution in [0, 0.1) is 17.7 Å². The number of rotatable bonds is 3. The van der Waals surface area contributed by atoms with Crippen molar-refractivity contribution >= 4 is 10.0 Å². The summed E-state index contributed by atoms with van der Waals surface area (Å²) in [5, 5.41) is 8.69. The highest BCUT2D eigenvalue weighted by Crippen LogP contribution is 2.33. The van der Waals surface area contributed by atoms with E-state index in [-0.39, 0.29) is 10.5 Å². The van der Waals surface area contributed by atoms with Crippen molar-refractivity contribution in [3.63, 3.8) is 0 Å². The Balaban J connectivity index is 2.40. The highest BCUT2D eigenvalue weighted by atomic mass is 32.2. The van der Waals surface area contributed by atoms with Crippen molar-refractivity contribution in [3.05, 3.63) is 29.6 Å². The number of nitrogens with one attached hydrogen (secondary N) is 1. The average molecular weight is 297 g/mol. The summed E-state index contributed by atoms with van der Waals surface area (Å²) in [6.45, 7) is 1.43. The first-order valence-electron chi connectivity index (χ1n) is 6.30. The lowest BCUT2D eigenvalue weighted by Gasteiger charge is -2.38. The number of benzene rings is 1. The van der Waals surface area contributed by atoms with Gasteiger partial charge in [-0.3, -0.25) is 0 Å². The molecule has 0 bridgehead atoms. The number of halogens is 1. The molecule has 0 unspecified atom stereocenters. The predicted molar refractivity (Wildman–Crippen MR) is 72.9 cm³/mol. The fraction of sp³-hybridized carbons (Fsp3) is 0.429. The molecule has 0 aromatic heterocycles. The third-order valence-electron chi connectivity index (χ3n) is 3.37. The molecule has 2 N–H and O–H groups in total. The predicted octanol–water partition coefficient (Wildman–Crippen LogP) is 1.39. The van der Waals surface area contributed by atoms with E-state index >= 15 is 0 Å². The molecule has 1 aromatic carbocycles. The van der Waals surface area contributed by atoms with E-state index in [0.717, 1.165) is 31.4 Å². The van der Waals surface area contributed by atoms with Crippen molar-refractivity contribution in [1.82, 2.24) is 4.72 Å². The maximum absolute atomic E-state index is 13.2. The molecule has 0 radical (unpaired) electrons. The third-order valence-corrected chi connectivity index (χ3v) is 5.07. The zero-order valence-electron chi connectivity index (χ0n) is 11.1. The second-order valence-electron chi connectivity index (χ2n) is 5.12. The molecule has 0 amide bonds. The lowest BCUT2D eigenvalue weighted by atomic mass is 9.80. The van der Waals surface area contributed by atoms with Crippen LogP contribution in [-0.2, 0) is 10.0 Å². The van der Waals surface area contributed by atoms with Crippen LogP contribution in [0.5, 0.6) is 0 Å². The third kappa shape index (κ3) is 3.18. The fourth-order valence-corrected chi connectivity index (χ4v) is 3.77. The van der Waals surface area contributed by atoms with Crippen LogP contribution in [0.4, 0.5) is 4.39 Å². The monoisotopic (exact) mass is 297 g/mol. The number of hydrogen-bond donors (Lipinski definition) is 2. The summed E-state index contributed by atoms with van der Waals surface area (Å²) in [5.74, 6) is 4.25. The fourth-order valence-electron chi connectivity index (χ4n) is 2.16. The average Bonchev–Trinajstić information content (AvgIpc) is 2.33. The molecule has 2 rings (SSSR count). The first kappa shape index (κ1) is 15.0. The van der Waals surface area contributed by atoms with Crippen molar-refractivity contribution in [2.24, 2.45) is 0 Å². The Morgan fingerprint density at radius 2 is 2.15 bits per heavy atom. The second kappa shape index (κ2) is 5.52. The lowest BCUT2D eigenvalue weighted by molar-refractivity contribution is 0.248. The Hall–Kier alpha value is -1.42. The van der Waals surface area contributed by atoms with Crippen LogP contribution in [0.1, 0.15) is 31.7 Å². The standard InChI is InChI=1S/C14H16FNO3S/c1-14(7-3-8-14)16-20(18,19)13-6-5-12(15)10-11(13)4-2-9-17/h5-6,10,16-17H,3,7-9H2,1H3. The second-order valence-corrected chi connectivity index (χ2v) is 6.77. The van der Waals surface area contributed by atoms with Crippen LogP contribution in [0.3, 0.4) is 0 Å². The van der Waals surface area contributed by atoms with Gasteiger partial charge in [0.2, 0.25) is 10.0 Å². The zero-order valence-corrected chi connectivity index (χ0v) is 11.9. The molecule has 108 valence electrons. The molecule has 20 heavy (non-hydrogen) atoms. The van der Waals surface area contributed by atoms with Gasteiger partial charge < -0.3 is 5.11 Å². The first-order valence-corrected chi connectivity index (χ1v) is 7.78. The van der Waals surface area contributed by atoms with Crippen molar-refractivity contribution in [2.75, 3.05) is 6.61 Å². The summed E-state index contributed by atoms with van der Waals surface area (Å²) in [5.41, 5.74) is -0.385. The van der Waals surface area contributed by atoms with Crippen LogP contribution >= 0.6 is 0 Å². The molecule has 6 heteroatoms. The number of hydrogen-bond acceptors (Lipinski definition) is 3. The van der Waals surface area contributed by atoms with E-state index in [1.807, 2.05) is 6.92 Å². The van der Waals surface area contributed by atoms with Gasteiger partial charge in [-0.15, -0.1) is 0 Å². The molecule has 1 aromatic rings. The van der Waals surface area contributed by atoms with Crippen molar-refractivity contribution in [3.8, 4) is 11.8 Å². The SMILES string of the molecule is CC1(NS(=O)(=O)c2ccc(F)cc2C#CCO)CCC1. The number of sulfonamides is 1. The highest BCUT2D eigenvalue weighted by Gasteiger charge is 2.36. The normalized spacial score (nSPS) is 16.9. The molecule has 1 saturated carbocycles. The van der Waals surface area contributed by atoms with Gasteiger partial charge in [0.25, 0.3) is 0 Å². The van der Waals surface area contributed by atoms with Gasteiger partial charge in [-0.05, 0) is 44.4 Å². The van der Waals surface area contributed by atoms with Crippen LogP contribution in [0.2, 0.25) is 0 Å². The number of aliphatic hydroxyl groups is 1. The zero-order chi connectivity index (χ0) is 14.8. The van der Waals surface area contributed by atoms with Crippen molar-refractivity contribution in [2.45, 2.75) is 36.6 Å². The summed E-state index contributed by atoms with van der Waals surface area (Å²) < 4.78 is 40.6. The van der Waals surface area contributed by atoms with E-state index in [9.17, 15) is 12.8 Å². The van der Waals surface area contributed by atoms with Gasteiger partial charge in [0, 0.05) is 11.1 Å². The molecule has 4 nitrogen and oxygen atoms in total. The van der Waals surface area contributed by atoms with Gasteiger partial charge >= 0.3 is 0 Å². The van der Waals surface area contributed by atoms with E-state index < -0.39 is 28.0 Å². The molecular formula is C14H16FNO3S. The molecule has 1 fully saturated rings. The smallest absolute Gasteiger partial charge is 0.242 e. The van der Waals surface area contributed by atoms with Crippen LogP contribution < -0.4 is 4.72 Å². The van der Waals surface area contributed by atoms with Gasteiger partial charge in [0.1, 0.15) is 12.4 Å². The summed E-state index contributed by atoms with van der Waals surface area (Å²) in [6, 6.07) is 3.34. The van der Waals surface area contributed by atoms with E-state index in [1.54, 1.807) is 0 Å². The van der Waals surface area contributed by atoms with Gasteiger partial charge in [-0.2, -0.15) is 0 Å². The van der Waals surface area contributed by atoms with Crippen LogP contribution in [-0.4, -0.2) is 25.7 Å². The maximum Gasteiger partial charge on any atom is 0.242 e. The van der Waals surface area contributed by atoms with Gasteiger partial charge in [0.05, 0.1) is 4.90 Å². The molecule has 0 heterocycles. The van der Waals surface area contributed by atoms with E-state index in [0.29, 0.717) is 0 Å². The number of aliphatic hydroxyl groups excluding tert-OH is 1. The van der Waals surface area contributed by atoms with Crippen molar-refractivity contribution in [1.29, 1.82) is 0 Å². The summed E-state index contributed by atoms with van der Waals surface area (Å²) in [4.78, 5) is -0.0621. The molecule has 1 aliphatic carbocycles. The summed E-state index contributed by atoms with van der Waals surface area (Å²) >= 11 is 0. The molecule has 0 atom stereocenters. The maximum atomic E-state index is 13.2. The summed E-state index contributed by atoms with van der Waals surface area (Å²) in [6.07, 6.45) is 2.55. The van der Waals surface area contributed by atoms with Crippen LogP contribution in [0.15, 0.2) is 23.1 Å². The van der Waals surface area contributed by atoms with E-state index in [4.69, 9.17) is 5.11 Å². The lowest BCUT2D eigenvalue weighted by Crippen LogP contribution is -2.50. The first-order chi connectivity index (χ1) is 9.36. The molecule has 0 saturated heterocycles. The largest absolute Gasteiger partial charge is 0.384 e. The Morgan fingerprint density at radius 3 is 2.70 bits per heavy atom.